The molecule has 3 aromatic heterocycles. The summed E-state index contributed by atoms with van der Waals surface area (Å²) in [5, 5.41) is 8.38. The molecule has 0 aliphatic carbocycles. The van der Waals surface area contributed by atoms with E-state index in [2.05, 4.69) is 32.7 Å². The predicted octanol–water partition coefficient (Wildman–Crippen LogP) is 6.29. The lowest BCUT2D eigenvalue weighted by atomic mass is 10.1. The predicted molar refractivity (Wildman–Crippen MR) is 178 cm³/mol. The molecule has 7 rings (SSSR count). The highest BCUT2D eigenvalue weighted by molar-refractivity contribution is 7.15. The topological polar surface area (TPSA) is 106 Å². The van der Waals surface area contributed by atoms with Crippen LogP contribution in [0.5, 0.6) is 5.75 Å². The van der Waals surface area contributed by atoms with Crippen LogP contribution >= 0.6 is 11.3 Å². The highest BCUT2D eigenvalue weighted by atomic mass is 32.1. The fourth-order valence-corrected chi connectivity index (χ4v) is 6.17. The van der Waals surface area contributed by atoms with Crippen molar-refractivity contribution in [3.8, 4) is 28.4 Å². The first-order valence-corrected chi connectivity index (χ1v) is 15.5. The average Bonchev–Trinajstić information content (AvgIpc) is 3.68. The third-order valence-corrected chi connectivity index (χ3v) is 8.38. The number of methoxy groups -OCH3 is 1. The number of benzene rings is 3. The lowest BCUT2D eigenvalue weighted by Crippen LogP contribution is -2.36. The summed E-state index contributed by atoms with van der Waals surface area (Å²) in [5.41, 5.74) is 6.77. The molecule has 1 saturated heterocycles. The number of fused-ring (bicyclic) bond motifs is 1. The van der Waals surface area contributed by atoms with Crippen molar-refractivity contribution in [3.05, 3.63) is 102 Å². The molecule has 0 bridgehead atoms. The minimum atomic E-state index is -0.132. The number of morpholine rings is 1. The minimum absolute atomic E-state index is 0.132. The first kappa shape index (κ1) is 28.5. The summed E-state index contributed by atoms with van der Waals surface area (Å²) in [6.45, 7) is 3.27. The molecule has 0 saturated carbocycles. The average molecular weight is 618 g/mol. The van der Waals surface area contributed by atoms with Crippen LogP contribution in [-0.2, 0) is 16.0 Å². The summed E-state index contributed by atoms with van der Waals surface area (Å²) in [5.74, 6) is 1.04. The van der Waals surface area contributed by atoms with Crippen LogP contribution in [0.1, 0.15) is 5.56 Å². The van der Waals surface area contributed by atoms with Crippen molar-refractivity contribution in [1.82, 2.24) is 19.4 Å². The molecule has 0 unspecified atom stereocenters. The van der Waals surface area contributed by atoms with Crippen molar-refractivity contribution in [3.63, 3.8) is 0 Å². The van der Waals surface area contributed by atoms with Crippen LogP contribution in [0.2, 0.25) is 0 Å². The molecule has 0 radical (unpaired) electrons. The number of ether oxygens (including phenoxy) is 2. The van der Waals surface area contributed by atoms with E-state index in [1.807, 2.05) is 82.7 Å². The van der Waals surface area contributed by atoms with Gasteiger partial charge in [-0.1, -0.05) is 30.3 Å². The molecule has 4 heterocycles. The van der Waals surface area contributed by atoms with E-state index in [1.54, 1.807) is 24.6 Å². The van der Waals surface area contributed by atoms with Gasteiger partial charge in [0.05, 0.1) is 38.1 Å². The second kappa shape index (κ2) is 12.8. The summed E-state index contributed by atoms with van der Waals surface area (Å²) in [4.78, 5) is 30.4. The summed E-state index contributed by atoms with van der Waals surface area (Å²) in [6.07, 6.45) is 3.94. The van der Waals surface area contributed by atoms with Crippen LogP contribution < -0.4 is 20.3 Å². The van der Waals surface area contributed by atoms with Crippen molar-refractivity contribution in [2.75, 3.05) is 48.9 Å². The largest absolute Gasteiger partial charge is 0.496 e. The van der Waals surface area contributed by atoms with E-state index < -0.39 is 0 Å². The van der Waals surface area contributed by atoms with Gasteiger partial charge in [-0.3, -0.25) is 9.20 Å². The maximum absolute atomic E-state index is 13.0. The number of anilines is 4. The number of hydrogen-bond acceptors (Lipinski definition) is 9. The number of aromatic nitrogens is 4. The standard InChI is InChI=1S/C34H31N7O3S/c1-43-29-8-3-2-5-23(29)22-30(42)36-26-7-4-6-24(21-26)31-32(41-17-20-45-34(41)39-31)28-13-14-35-33(38-28)37-25-9-11-27(12-10-25)40-15-18-44-19-16-40/h2-14,17,20-21H,15-16,18-19,22H2,1H3,(H,36,42)(H,35,37,38). The number of imidazole rings is 1. The van der Waals surface area contributed by atoms with Crippen LogP contribution in [0.15, 0.2) is 96.6 Å². The fourth-order valence-electron chi connectivity index (χ4n) is 5.46. The Balaban J connectivity index is 1.14. The van der Waals surface area contributed by atoms with Crippen LogP contribution in [0, 0.1) is 0 Å². The van der Waals surface area contributed by atoms with Gasteiger partial charge in [-0.15, -0.1) is 11.3 Å². The number of rotatable bonds is 9. The van der Waals surface area contributed by atoms with Crippen LogP contribution in [0.4, 0.5) is 23.0 Å². The van der Waals surface area contributed by atoms with Crippen LogP contribution in [-0.4, -0.2) is 58.7 Å². The highest BCUT2D eigenvalue weighted by Crippen LogP contribution is 2.35. The van der Waals surface area contributed by atoms with Gasteiger partial charge in [0.1, 0.15) is 11.4 Å². The number of thiazole rings is 1. The fraction of sp³-hybridized carbons (Fsp3) is 0.176. The van der Waals surface area contributed by atoms with Crippen molar-refractivity contribution < 1.29 is 14.3 Å². The number of carbonyl (C=O) groups excluding carboxylic acids is 1. The van der Waals surface area contributed by atoms with E-state index in [4.69, 9.17) is 19.4 Å². The van der Waals surface area contributed by atoms with E-state index in [0.717, 1.165) is 65.2 Å². The Morgan fingerprint density at radius 1 is 0.978 bits per heavy atom. The van der Waals surface area contributed by atoms with Crippen molar-refractivity contribution in [2.24, 2.45) is 0 Å². The SMILES string of the molecule is COc1ccccc1CC(=O)Nc1cccc(-c2nc3sccn3c2-c2ccnc(Nc3ccc(N4CCOCC4)cc3)n2)c1. The molecule has 226 valence electrons. The molecule has 1 amide bonds. The minimum Gasteiger partial charge on any atom is -0.496 e. The number of carbonyl (C=O) groups is 1. The van der Waals surface area contributed by atoms with Crippen molar-refractivity contribution in [2.45, 2.75) is 6.42 Å². The van der Waals surface area contributed by atoms with Crippen LogP contribution in [0.3, 0.4) is 0 Å². The zero-order chi connectivity index (χ0) is 30.6. The molecule has 10 nitrogen and oxygen atoms in total. The maximum Gasteiger partial charge on any atom is 0.228 e. The lowest BCUT2D eigenvalue weighted by Gasteiger charge is -2.28. The first-order chi connectivity index (χ1) is 22.1. The molecule has 1 fully saturated rings. The first-order valence-electron chi connectivity index (χ1n) is 14.7. The Morgan fingerprint density at radius 3 is 2.67 bits per heavy atom. The zero-order valence-corrected chi connectivity index (χ0v) is 25.5. The second-order valence-electron chi connectivity index (χ2n) is 10.5. The van der Waals surface area contributed by atoms with Gasteiger partial charge in [0.15, 0.2) is 4.96 Å². The lowest BCUT2D eigenvalue weighted by molar-refractivity contribution is -0.115. The Kier molecular flexibility index (Phi) is 8.09. The van der Waals surface area contributed by atoms with Gasteiger partial charge in [0.2, 0.25) is 11.9 Å². The second-order valence-corrected chi connectivity index (χ2v) is 11.4. The molecule has 6 aromatic rings. The van der Waals surface area contributed by atoms with Gasteiger partial charge in [-0.25, -0.2) is 15.0 Å². The number of hydrogen-bond donors (Lipinski definition) is 2. The van der Waals surface area contributed by atoms with Gasteiger partial charge in [-0.05, 0) is 48.5 Å². The molecule has 3 aromatic carbocycles. The van der Waals surface area contributed by atoms with E-state index in [9.17, 15) is 4.79 Å². The third kappa shape index (κ3) is 6.21. The van der Waals surface area contributed by atoms with Gasteiger partial charge < -0.3 is 25.0 Å². The highest BCUT2D eigenvalue weighted by Gasteiger charge is 2.19. The monoisotopic (exact) mass is 617 g/mol. The molecular formula is C34H31N7O3S. The number of amides is 1. The number of nitrogens with zero attached hydrogens (tertiary/aromatic N) is 5. The molecule has 0 spiro atoms. The van der Waals surface area contributed by atoms with Crippen molar-refractivity contribution >= 4 is 45.2 Å². The third-order valence-electron chi connectivity index (χ3n) is 7.62. The molecule has 45 heavy (non-hydrogen) atoms. The molecule has 0 atom stereocenters. The molecular weight excluding hydrogens is 586 g/mol. The molecule has 1 aliphatic rings. The quantitative estimate of drug-likeness (QED) is 0.195. The van der Waals surface area contributed by atoms with E-state index in [0.29, 0.717) is 17.4 Å². The summed E-state index contributed by atoms with van der Waals surface area (Å²) in [7, 11) is 1.61. The number of para-hydroxylation sites is 1. The van der Waals surface area contributed by atoms with Crippen LogP contribution in [0.25, 0.3) is 27.6 Å². The molecule has 11 heteroatoms. The Labute approximate surface area is 264 Å². The zero-order valence-electron chi connectivity index (χ0n) is 24.6. The van der Waals surface area contributed by atoms with Gasteiger partial charge in [0, 0.05) is 59.1 Å². The maximum atomic E-state index is 13.0. The normalized spacial score (nSPS) is 13.1. The Hall–Kier alpha value is -5.26. The van der Waals surface area contributed by atoms with Gasteiger partial charge in [-0.2, -0.15) is 0 Å². The number of nitrogens with one attached hydrogen (secondary N) is 2. The van der Waals surface area contributed by atoms with E-state index >= 15 is 0 Å². The van der Waals surface area contributed by atoms with Crippen molar-refractivity contribution in [1.29, 1.82) is 0 Å². The van der Waals surface area contributed by atoms with Gasteiger partial charge >= 0.3 is 0 Å². The summed E-state index contributed by atoms with van der Waals surface area (Å²) in [6, 6.07) is 25.4. The smallest absolute Gasteiger partial charge is 0.228 e. The molecule has 2 N–H and O–H groups in total. The Morgan fingerprint density at radius 2 is 1.82 bits per heavy atom. The van der Waals surface area contributed by atoms with E-state index in [1.165, 1.54) is 5.69 Å². The van der Waals surface area contributed by atoms with Gasteiger partial charge in [0.25, 0.3) is 0 Å². The summed E-state index contributed by atoms with van der Waals surface area (Å²) >= 11 is 1.55. The van der Waals surface area contributed by atoms with E-state index in [-0.39, 0.29) is 12.3 Å². The molecule has 1 aliphatic heterocycles. The summed E-state index contributed by atoms with van der Waals surface area (Å²) < 4.78 is 12.9. The Bertz CT molecular complexity index is 1950.